The summed E-state index contributed by atoms with van der Waals surface area (Å²) >= 11 is 0. The van der Waals surface area contributed by atoms with E-state index in [9.17, 15) is 8.78 Å². The number of aryl methyl sites for hydroxylation is 2. The number of imidazole rings is 1. The first-order chi connectivity index (χ1) is 10.1. The third-order valence-electron chi connectivity index (χ3n) is 3.19. The molecule has 0 amide bonds. The molecule has 1 aromatic carbocycles. The van der Waals surface area contributed by atoms with E-state index in [4.69, 9.17) is 0 Å². The minimum absolute atomic E-state index is 0.0871. The fourth-order valence-electron chi connectivity index (χ4n) is 2.21. The van der Waals surface area contributed by atoms with Gasteiger partial charge in [-0.15, -0.1) is 0 Å². The molecule has 0 aliphatic heterocycles. The number of fused-ring (bicyclic) bond motifs is 1. The molecular formula is C15H12F2N3O. The van der Waals surface area contributed by atoms with E-state index < -0.39 is 6.61 Å². The van der Waals surface area contributed by atoms with E-state index in [1.807, 2.05) is 24.6 Å². The third kappa shape index (κ3) is 2.44. The van der Waals surface area contributed by atoms with Crippen LogP contribution in [0.2, 0.25) is 0 Å². The van der Waals surface area contributed by atoms with Crippen LogP contribution in [0, 0.1) is 13.1 Å². The standard InChI is InChI=1S/C15H12F2N3O/c1-9-3-4-10(12(7-9)21-15(16)17)13-14-11(5-6-18-13)20(2)8-19-14/h3-5,7-8,15H,1-2H3. The van der Waals surface area contributed by atoms with Gasteiger partial charge in [-0.05, 0) is 30.7 Å². The zero-order chi connectivity index (χ0) is 15.0. The van der Waals surface area contributed by atoms with Gasteiger partial charge in [0, 0.05) is 12.6 Å². The summed E-state index contributed by atoms with van der Waals surface area (Å²) in [5.74, 6) is 0.0871. The number of nitrogens with zero attached hydrogens (tertiary/aromatic N) is 3. The van der Waals surface area contributed by atoms with Crippen molar-refractivity contribution in [3.8, 4) is 17.0 Å². The predicted molar refractivity (Wildman–Crippen MR) is 74.2 cm³/mol. The van der Waals surface area contributed by atoms with Crippen LogP contribution in [0.25, 0.3) is 22.3 Å². The molecule has 107 valence electrons. The molecule has 0 fully saturated rings. The zero-order valence-corrected chi connectivity index (χ0v) is 11.5. The average Bonchev–Trinajstić information content (AvgIpc) is 2.81. The minimum Gasteiger partial charge on any atom is -0.434 e. The molecule has 0 saturated heterocycles. The number of alkyl halides is 2. The molecule has 0 N–H and O–H groups in total. The summed E-state index contributed by atoms with van der Waals surface area (Å²) in [6.07, 6.45) is 4.42. The number of aromatic nitrogens is 3. The molecule has 4 nitrogen and oxygen atoms in total. The Balaban J connectivity index is 2.23. The zero-order valence-electron chi connectivity index (χ0n) is 11.5. The van der Waals surface area contributed by atoms with E-state index in [-0.39, 0.29) is 5.75 Å². The number of benzene rings is 1. The predicted octanol–water partition coefficient (Wildman–Crippen LogP) is 3.35. The van der Waals surface area contributed by atoms with Crippen molar-refractivity contribution in [1.29, 1.82) is 0 Å². The second kappa shape index (κ2) is 5.12. The number of hydrogen-bond donors (Lipinski definition) is 0. The number of halogens is 2. The quantitative estimate of drug-likeness (QED) is 0.742. The highest BCUT2D eigenvalue weighted by atomic mass is 19.3. The summed E-state index contributed by atoms with van der Waals surface area (Å²) in [6.45, 7) is -1.08. The molecule has 0 aliphatic carbocycles. The molecule has 3 aromatic rings. The third-order valence-corrected chi connectivity index (χ3v) is 3.19. The van der Waals surface area contributed by atoms with Crippen LogP contribution in [0.4, 0.5) is 8.78 Å². The van der Waals surface area contributed by atoms with E-state index >= 15 is 0 Å². The molecule has 2 aromatic heterocycles. The van der Waals surface area contributed by atoms with Gasteiger partial charge in [0.2, 0.25) is 0 Å². The molecule has 2 heterocycles. The first kappa shape index (κ1) is 13.5. The van der Waals surface area contributed by atoms with Gasteiger partial charge in [-0.2, -0.15) is 8.78 Å². The van der Waals surface area contributed by atoms with Gasteiger partial charge in [-0.1, -0.05) is 6.07 Å². The monoisotopic (exact) mass is 288 g/mol. The van der Waals surface area contributed by atoms with Crippen molar-refractivity contribution in [2.75, 3.05) is 0 Å². The molecule has 0 bridgehead atoms. The van der Waals surface area contributed by atoms with E-state index in [0.717, 1.165) is 11.1 Å². The lowest BCUT2D eigenvalue weighted by Gasteiger charge is -2.11. The Kier molecular flexibility index (Phi) is 3.29. The molecular weight excluding hydrogens is 276 g/mol. The van der Waals surface area contributed by atoms with Crippen LogP contribution in [0.15, 0.2) is 30.6 Å². The first-order valence-corrected chi connectivity index (χ1v) is 6.30. The Morgan fingerprint density at radius 1 is 1.33 bits per heavy atom. The van der Waals surface area contributed by atoms with Crippen LogP contribution in [0.1, 0.15) is 5.56 Å². The summed E-state index contributed by atoms with van der Waals surface area (Å²) < 4.78 is 31.6. The Morgan fingerprint density at radius 2 is 2.14 bits per heavy atom. The fourth-order valence-corrected chi connectivity index (χ4v) is 2.21. The second-order valence-electron chi connectivity index (χ2n) is 4.70. The van der Waals surface area contributed by atoms with E-state index in [1.54, 1.807) is 24.5 Å². The smallest absolute Gasteiger partial charge is 0.387 e. The molecule has 0 aliphatic rings. The van der Waals surface area contributed by atoms with Crippen LogP contribution >= 0.6 is 0 Å². The van der Waals surface area contributed by atoms with Crippen molar-refractivity contribution >= 4 is 11.0 Å². The van der Waals surface area contributed by atoms with Gasteiger partial charge in [0.25, 0.3) is 0 Å². The SMILES string of the molecule is Cc1ccc(-c2n[c]cc3c2ncn3C)c(OC(F)F)c1. The van der Waals surface area contributed by atoms with Gasteiger partial charge in [0.05, 0.1) is 18.0 Å². The summed E-state index contributed by atoms with van der Waals surface area (Å²) in [6, 6.07) is 6.78. The highest BCUT2D eigenvalue weighted by Gasteiger charge is 2.16. The van der Waals surface area contributed by atoms with Crippen LogP contribution in [-0.2, 0) is 7.05 Å². The summed E-state index contributed by atoms with van der Waals surface area (Å²) in [4.78, 5) is 8.44. The van der Waals surface area contributed by atoms with Crippen LogP contribution in [-0.4, -0.2) is 21.1 Å². The summed E-state index contributed by atoms with van der Waals surface area (Å²) in [5, 5.41) is 0. The molecule has 6 heteroatoms. The average molecular weight is 288 g/mol. The van der Waals surface area contributed by atoms with Crippen molar-refractivity contribution in [3.63, 3.8) is 0 Å². The van der Waals surface area contributed by atoms with E-state index in [2.05, 4.69) is 20.9 Å². The Labute approximate surface area is 120 Å². The lowest BCUT2D eigenvalue weighted by atomic mass is 10.1. The number of ether oxygens (including phenoxy) is 1. The lowest BCUT2D eigenvalue weighted by Crippen LogP contribution is -2.04. The Morgan fingerprint density at radius 3 is 2.90 bits per heavy atom. The van der Waals surface area contributed by atoms with Gasteiger partial charge >= 0.3 is 6.61 Å². The highest BCUT2D eigenvalue weighted by Crippen LogP contribution is 2.34. The van der Waals surface area contributed by atoms with Crippen molar-refractivity contribution in [1.82, 2.24) is 14.5 Å². The molecule has 0 spiro atoms. The fraction of sp³-hybridized carbons (Fsp3) is 0.200. The molecule has 21 heavy (non-hydrogen) atoms. The van der Waals surface area contributed by atoms with Gasteiger partial charge in [-0.3, -0.25) is 0 Å². The van der Waals surface area contributed by atoms with E-state index in [0.29, 0.717) is 16.8 Å². The molecule has 0 saturated carbocycles. The maximum absolute atomic E-state index is 12.6. The van der Waals surface area contributed by atoms with Crippen molar-refractivity contribution in [2.24, 2.45) is 7.05 Å². The van der Waals surface area contributed by atoms with Crippen LogP contribution < -0.4 is 4.74 Å². The minimum atomic E-state index is -2.89. The van der Waals surface area contributed by atoms with Crippen LogP contribution in [0.3, 0.4) is 0 Å². The summed E-state index contributed by atoms with van der Waals surface area (Å²) in [5.41, 5.74) is 3.22. The number of rotatable bonds is 3. The van der Waals surface area contributed by atoms with Gasteiger partial charge in [-0.25, -0.2) is 9.97 Å². The van der Waals surface area contributed by atoms with Gasteiger partial charge in [0.1, 0.15) is 17.0 Å². The van der Waals surface area contributed by atoms with Crippen molar-refractivity contribution in [2.45, 2.75) is 13.5 Å². The molecule has 0 atom stereocenters. The van der Waals surface area contributed by atoms with Gasteiger partial charge in [0.15, 0.2) is 0 Å². The molecule has 3 rings (SSSR count). The first-order valence-electron chi connectivity index (χ1n) is 6.30. The molecule has 1 radical (unpaired) electrons. The Bertz CT molecular complexity index is 799. The highest BCUT2D eigenvalue weighted by molar-refractivity contribution is 5.91. The lowest BCUT2D eigenvalue weighted by molar-refractivity contribution is -0.0494. The van der Waals surface area contributed by atoms with Crippen molar-refractivity contribution < 1.29 is 13.5 Å². The second-order valence-corrected chi connectivity index (χ2v) is 4.70. The number of pyridine rings is 1. The topological polar surface area (TPSA) is 39.9 Å². The Hall–Kier alpha value is -2.50. The molecule has 0 unspecified atom stereocenters. The number of hydrogen-bond acceptors (Lipinski definition) is 3. The maximum atomic E-state index is 12.6. The summed E-state index contributed by atoms with van der Waals surface area (Å²) in [7, 11) is 1.85. The largest absolute Gasteiger partial charge is 0.434 e. The van der Waals surface area contributed by atoms with Crippen molar-refractivity contribution in [3.05, 3.63) is 42.4 Å². The maximum Gasteiger partial charge on any atom is 0.387 e. The van der Waals surface area contributed by atoms with E-state index in [1.165, 1.54) is 0 Å². The van der Waals surface area contributed by atoms with Gasteiger partial charge < -0.3 is 9.30 Å². The normalized spacial score (nSPS) is 11.3. The van der Waals surface area contributed by atoms with Crippen LogP contribution in [0.5, 0.6) is 5.75 Å².